The van der Waals surface area contributed by atoms with Crippen molar-refractivity contribution in [2.24, 2.45) is 7.05 Å². The van der Waals surface area contributed by atoms with Crippen LogP contribution in [0.1, 0.15) is 51.4 Å². The van der Waals surface area contributed by atoms with Crippen molar-refractivity contribution >= 4 is 5.78 Å². The molecule has 0 aromatic carbocycles. The topological polar surface area (TPSA) is 22.0 Å². The van der Waals surface area contributed by atoms with Gasteiger partial charge in [0, 0.05) is 31.3 Å². The zero-order valence-electron chi connectivity index (χ0n) is 14.4. The molecule has 0 N–H and O–H groups in total. The number of hydrogen-bond acceptors (Lipinski definition) is 1. The first-order chi connectivity index (χ1) is 10.6. The minimum absolute atomic E-state index is 0.285. The summed E-state index contributed by atoms with van der Waals surface area (Å²) in [6.07, 6.45) is 14.5. The van der Waals surface area contributed by atoms with Crippen LogP contribution >= 0.6 is 0 Å². The van der Waals surface area contributed by atoms with E-state index in [4.69, 9.17) is 0 Å². The van der Waals surface area contributed by atoms with Crippen molar-refractivity contribution in [3.8, 4) is 0 Å². The molecule has 0 saturated carbocycles. The molecule has 1 heterocycles. The van der Waals surface area contributed by atoms with Crippen LogP contribution in [0, 0.1) is 0 Å². The second-order valence-corrected chi connectivity index (χ2v) is 5.67. The van der Waals surface area contributed by atoms with Crippen LogP contribution in [0.2, 0.25) is 0 Å². The zero-order valence-corrected chi connectivity index (χ0v) is 14.4. The maximum absolute atomic E-state index is 12.2. The summed E-state index contributed by atoms with van der Waals surface area (Å²) in [6.45, 7) is 6.29. The SMILES string of the molecule is CC/C=C\C=CC/C=C(\C)CC(=O)Cc1ccc(CC)n1C. The fourth-order valence-electron chi connectivity index (χ4n) is 2.42. The number of aryl methyl sites for hydroxylation is 1. The molecule has 0 atom stereocenters. The van der Waals surface area contributed by atoms with E-state index < -0.39 is 0 Å². The van der Waals surface area contributed by atoms with Crippen molar-refractivity contribution in [3.63, 3.8) is 0 Å². The van der Waals surface area contributed by atoms with E-state index in [1.165, 1.54) is 5.69 Å². The zero-order chi connectivity index (χ0) is 16.4. The number of ketones is 1. The van der Waals surface area contributed by atoms with E-state index in [9.17, 15) is 4.79 Å². The van der Waals surface area contributed by atoms with Crippen molar-refractivity contribution < 1.29 is 4.79 Å². The summed E-state index contributed by atoms with van der Waals surface area (Å²) in [5.41, 5.74) is 3.54. The number of hydrogen-bond donors (Lipinski definition) is 0. The minimum Gasteiger partial charge on any atom is -0.351 e. The summed E-state index contributed by atoms with van der Waals surface area (Å²) in [5.74, 6) is 0.285. The van der Waals surface area contributed by atoms with Gasteiger partial charge in [0.25, 0.3) is 0 Å². The van der Waals surface area contributed by atoms with Gasteiger partial charge in [-0.3, -0.25) is 4.79 Å². The third-order valence-corrected chi connectivity index (χ3v) is 3.77. The molecule has 120 valence electrons. The van der Waals surface area contributed by atoms with E-state index in [-0.39, 0.29) is 5.78 Å². The van der Waals surface area contributed by atoms with Gasteiger partial charge in [-0.25, -0.2) is 0 Å². The van der Waals surface area contributed by atoms with Crippen LogP contribution in [0.15, 0.2) is 48.1 Å². The maximum atomic E-state index is 12.2. The lowest BCUT2D eigenvalue weighted by atomic mass is 10.1. The van der Waals surface area contributed by atoms with Gasteiger partial charge in [0.15, 0.2) is 0 Å². The van der Waals surface area contributed by atoms with Gasteiger partial charge in [0.05, 0.1) is 0 Å². The highest BCUT2D eigenvalue weighted by Crippen LogP contribution is 2.12. The molecular weight excluding hydrogens is 270 g/mol. The Hall–Kier alpha value is -1.83. The number of Topliss-reactive ketones (excluding diaryl/α,β-unsaturated/α-hetero) is 1. The Morgan fingerprint density at radius 2 is 1.82 bits per heavy atom. The van der Waals surface area contributed by atoms with E-state index in [0.717, 1.165) is 30.5 Å². The molecule has 2 nitrogen and oxygen atoms in total. The van der Waals surface area contributed by atoms with Gasteiger partial charge in [-0.05, 0) is 38.3 Å². The van der Waals surface area contributed by atoms with Crippen LogP contribution in [0.3, 0.4) is 0 Å². The molecule has 0 aliphatic rings. The van der Waals surface area contributed by atoms with Crippen LogP contribution < -0.4 is 0 Å². The molecule has 0 bridgehead atoms. The largest absolute Gasteiger partial charge is 0.351 e. The van der Waals surface area contributed by atoms with Crippen LogP contribution in [0.5, 0.6) is 0 Å². The third kappa shape index (κ3) is 6.30. The van der Waals surface area contributed by atoms with Crippen LogP contribution in [0.4, 0.5) is 0 Å². The van der Waals surface area contributed by atoms with Gasteiger partial charge >= 0.3 is 0 Å². The highest BCUT2D eigenvalue weighted by Gasteiger charge is 2.09. The first kappa shape index (κ1) is 18.2. The Balaban J connectivity index is 2.45. The lowest BCUT2D eigenvalue weighted by Gasteiger charge is -2.06. The molecule has 0 aliphatic carbocycles. The number of nitrogens with zero attached hydrogens (tertiary/aromatic N) is 1. The van der Waals surface area contributed by atoms with E-state index in [1.54, 1.807) is 0 Å². The fourth-order valence-corrected chi connectivity index (χ4v) is 2.42. The molecule has 0 fully saturated rings. The Kier molecular flexibility index (Phi) is 8.27. The molecule has 0 unspecified atom stereocenters. The minimum atomic E-state index is 0.285. The van der Waals surface area contributed by atoms with Crippen molar-refractivity contribution in [3.05, 3.63) is 59.5 Å². The molecule has 0 aliphatic heterocycles. The molecule has 0 amide bonds. The normalized spacial score (nSPS) is 12.6. The van der Waals surface area contributed by atoms with Gasteiger partial charge in [0.1, 0.15) is 5.78 Å². The van der Waals surface area contributed by atoms with Crippen molar-refractivity contribution in [1.82, 2.24) is 4.57 Å². The molecule has 1 aromatic rings. The number of carbonyl (C=O) groups excluding carboxylic acids is 1. The monoisotopic (exact) mass is 299 g/mol. The van der Waals surface area contributed by atoms with Crippen LogP contribution in [-0.2, 0) is 24.7 Å². The molecule has 0 saturated heterocycles. The smallest absolute Gasteiger partial charge is 0.142 e. The number of aromatic nitrogens is 1. The van der Waals surface area contributed by atoms with Crippen LogP contribution in [0.25, 0.3) is 0 Å². The fraction of sp³-hybridized carbons (Fsp3) is 0.450. The Labute approximate surface area is 135 Å². The van der Waals surface area contributed by atoms with E-state index in [0.29, 0.717) is 12.8 Å². The molecular formula is C20H29NO. The van der Waals surface area contributed by atoms with E-state index >= 15 is 0 Å². The number of carbonyl (C=O) groups is 1. The second-order valence-electron chi connectivity index (χ2n) is 5.67. The van der Waals surface area contributed by atoms with Gasteiger partial charge in [-0.15, -0.1) is 0 Å². The highest BCUT2D eigenvalue weighted by atomic mass is 16.1. The molecule has 22 heavy (non-hydrogen) atoms. The summed E-state index contributed by atoms with van der Waals surface area (Å²) >= 11 is 0. The number of allylic oxidation sites excluding steroid dienone is 6. The van der Waals surface area contributed by atoms with Crippen molar-refractivity contribution in [2.75, 3.05) is 0 Å². The lowest BCUT2D eigenvalue weighted by Crippen LogP contribution is -2.08. The molecule has 0 spiro atoms. The number of rotatable bonds is 9. The highest BCUT2D eigenvalue weighted by molar-refractivity contribution is 5.82. The van der Waals surface area contributed by atoms with Crippen molar-refractivity contribution in [2.45, 2.75) is 52.9 Å². The maximum Gasteiger partial charge on any atom is 0.142 e. The van der Waals surface area contributed by atoms with Gasteiger partial charge in [0.2, 0.25) is 0 Å². The standard InChI is InChI=1S/C20H29NO/c1-5-7-8-9-10-11-12-17(3)15-20(22)16-19-14-13-18(6-2)21(19)4/h7-10,12-14H,5-6,11,15-16H2,1-4H3/b8-7-,10-9?,17-12+. The van der Waals surface area contributed by atoms with E-state index in [1.807, 2.05) is 14.0 Å². The quantitative estimate of drug-likeness (QED) is 0.467. The van der Waals surface area contributed by atoms with Gasteiger partial charge in [-0.1, -0.05) is 49.8 Å². The third-order valence-electron chi connectivity index (χ3n) is 3.77. The Morgan fingerprint density at radius 3 is 2.45 bits per heavy atom. The summed E-state index contributed by atoms with van der Waals surface area (Å²) in [6, 6.07) is 4.18. The molecule has 1 aromatic heterocycles. The lowest BCUT2D eigenvalue weighted by molar-refractivity contribution is -0.117. The average Bonchev–Trinajstić information content (AvgIpc) is 2.83. The summed E-state index contributed by atoms with van der Waals surface area (Å²) in [7, 11) is 2.04. The van der Waals surface area contributed by atoms with Crippen molar-refractivity contribution in [1.29, 1.82) is 0 Å². The van der Waals surface area contributed by atoms with Crippen LogP contribution in [-0.4, -0.2) is 10.4 Å². The molecule has 0 radical (unpaired) electrons. The predicted molar refractivity (Wildman–Crippen MR) is 95.1 cm³/mol. The molecule has 1 rings (SSSR count). The summed E-state index contributed by atoms with van der Waals surface area (Å²) in [5, 5.41) is 0. The first-order valence-electron chi connectivity index (χ1n) is 8.20. The summed E-state index contributed by atoms with van der Waals surface area (Å²) in [4.78, 5) is 12.2. The Morgan fingerprint density at radius 1 is 1.14 bits per heavy atom. The van der Waals surface area contributed by atoms with E-state index in [2.05, 4.69) is 60.9 Å². The van der Waals surface area contributed by atoms with Gasteiger partial charge in [-0.2, -0.15) is 0 Å². The van der Waals surface area contributed by atoms with Gasteiger partial charge < -0.3 is 4.57 Å². The Bertz CT molecular complexity index is 558. The predicted octanol–water partition coefficient (Wildman–Crippen LogP) is 4.95. The first-order valence-corrected chi connectivity index (χ1v) is 8.20. The second kappa shape index (κ2) is 9.99. The average molecular weight is 299 g/mol. The summed E-state index contributed by atoms with van der Waals surface area (Å²) < 4.78 is 2.14. The molecule has 2 heteroatoms.